The molecule has 0 fully saturated rings. The summed E-state index contributed by atoms with van der Waals surface area (Å²) in [6.07, 6.45) is 2.08. The number of hydrogen-bond donors (Lipinski definition) is 2. The van der Waals surface area contributed by atoms with Crippen LogP contribution in [0.25, 0.3) is 0 Å². The number of nitrogens with zero attached hydrogens (tertiary/aromatic N) is 3. The summed E-state index contributed by atoms with van der Waals surface area (Å²) >= 11 is 0. The van der Waals surface area contributed by atoms with Crippen LogP contribution >= 0.6 is 0 Å². The highest BCUT2D eigenvalue weighted by atomic mass is 19.1. The van der Waals surface area contributed by atoms with E-state index in [1.165, 1.54) is 0 Å². The van der Waals surface area contributed by atoms with E-state index in [9.17, 15) is 4.39 Å². The summed E-state index contributed by atoms with van der Waals surface area (Å²) < 4.78 is 18.6. The Kier molecular flexibility index (Phi) is 4.27. The van der Waals surface area contributed by atoms with Crippen LogP contribution in [0.2, 0.25) is 0 Å². The van der Waals surface area contributed by atoms with Crippen LogP contribution in [0.15, 0.2) is 16.8 Å². The Hall–Kier alpha value is -2.18. The minimum Gasteiger partial charge on any atom is -0.360 e. The number of rotatable bonds is 6. The van der Waals surface area contributed by atoms with Gasteiger partial charge in [-0.2, -0.15) is 4.98 Å². The maximum Gasteiger partial charge on any atom is 0.224 e. The summed E-state index contributed by atoms with van der Waals surface area (Å²) in [5.41, 5.74) is 0.783. The van der Waals surface area contributed by atoms with E-state index in [4.69, 9.17) is 4.52 Å². The van der Waals surface area contributed by atoms with Crippen molar-refractivity contribution < 1.29 is 8.91 Å². The Morgan fingerprint density at radius 2 is 2.21 bits per heavy atom. The first kappa shape index (κ1) is 13.3. The molecule has 2 rings (SSSR count). The summed E-state index contributed by atoms with van der Waals surface area (Å²) in [5.74, 6) is 0.666. The Bertz CT molecular complexity index is 543. The van der Waals surface area contributed by atoms with Gasteiger partial charge in [0.05, 0.1) is 18.4 Å². The molecule has 0 aliphatic carbocycles. The highest BCUT2D eigenvalue weighted by Gasteiger charge is 2.08. The van der Waals surface area contributed by atoms with Crippen LogP contribution in [-0.2, 0) is 6.54 Å². The SMILES string of the molecule is CCCNc1ncc(F)c(NCc2cc(C)no2)n1. The largest absolute Gasteiger partial charge is 0.360 e. The zero-order valence-electron chi connectivity index (χ0n) is 10.9. The second-order valence-electron chi connectivity index (χ2n) is 4.11. The molecule has 2 aromatic rings. The van der Waals surface area contributed by atoms with Gasteiger partial charge in [0.25, 0.3) is 0 Å². The van der Waals surface area contributed by atoms with Gasteiger partial charge in [0.2, 0.25) is 5.95 Å². The van der Waals surface area contributed by atoms with Crippen LogP contribution < -0.4 is 10.6 Å². The van der Waals surface area contributed by atoms with Gasteiger partial charge in [0.1, 0.15) is 0 Å². The fourth-order valence-electron chi connectivity index (χ4n) is 1.48. The average Bonchev–Trinajstić information content (AvgIpc) is 2.82. The normalized spacial score (nSPS) is 10.5. The van der Waals surface area contributed by atoms with Gasteiger partial charge in [-0.25, -0.2) is 9.37 Å². The molecule has 102 valence electrons. The van der Waals surface area contributed by atoms with Gasteiger partial charge in [-0.3, -0.25) is 0 Å². The average molecular weight is 265 g/mol. The van der Waals surface area contributed by atoms with Crippen LogP contribution in [0.5, 0.6) is 0 Å². The molecule has 7 heteroatoms. The number of aromatic nitrogens is 3. The topological polar surface area (TPSA) is 75.9 Å². The van der Waals surface area contributed by atoms with Crippen molar-refractivity contribution in [3.63, 3.8) is 0 Å². The standard InChI is InChI=1S/C12H16FN5O/c1-3-4-14-12-16-7-10(13)11(17-12)15-6-9-5-8(2)18-19-9/h5,7H,3-4,6H2,1-2H3,(H2,14,15,16,17). The maximum atomic E-state index is 13.5. The fraction of sp³-hybridized carbons (Fsp3) is 0.417. The Morgan fingerprint density at radius 3 is 2.89 bits per heavy atom. The molecular formula is C12H16FN5O. The molecule has 0 amide bonds. The highest BCUT2D eigenvalue weighted by molar-refractivity contribution is 5.41. The van der Waals surface area contributed by atoms with Crippen molar-refractivity contribution in [2.75, 3.05) is 17.2 Å². The van der Waals surface area contributed by atoms with Gasteiger partial charge >= 0.3 is 0 Å². The third kappa shape index (κ3) is 3.64. The lowest BCUT2D eigenvalue weighted by atomic mass is 10.4. The monoisotopic (exact) mass is 265 g/mol. The van der Waals surface area contributed by atoms with Crippen LogP contribution in [0, 0.1) is 12.7 Å². The van der Waals surface area contributed by atoms with Crippen molar-refractivity contribution in [2.24, 2.45) is 0 Å². The second kappa shape index (κ2) is 6.12. The van der Waals surface area contributed by atoms with E-state index in [-0.39, 0.29) is 5.82 Å². The first-order valence-corrected chi connectivity index (χ1v) is 6.11. The van der Waals surface area contributed by atoms with Crippen LogP contribution in [0.4, 0.5) is 16.2 Å². The third-order valence-electron chi connectivity index (χ3n) is 2.38. The number of anilines is 2. The molecule has 0 aromatic carbocycles. The van der Waals surface area contributed by atoms with E-state index < -0.39 is 5.82 Å². The third-order valence-corrected chi connectivity index (χ3v) is 2.38. The van der Waals surface area contributed by atoms with Crippen molar-refractivity contribution in [3.8, 4) is 0 Å². The molecule has 0 aliphatic rings. The van der Waals surface area contributed by atoms with E-state index in [0.717, 1.165) is 24.9 Å². The lowest BCUT2D eigenvalue weighted by Crippen LogP contribution is -2.09. The lowest BCUT2D eigenvalue weighted by Gasteiger charge is -2.07. The van der Waals surface area contributed by atoms with E-state index in [1.54, 1.807) is 6.07 Å². The molecule has 0 saturated carbocycles. The molecule has 0 aliphatic heterocycles. The zero-order valence-corrected chi connectivity index (χ0v) is 10.9. The fourth-order valence-corrected chi connectivity index (χ4v) is 1.48. The number of nitrogens with one attached hydrogen (secondary N) is 2. The van der Waals surface area contributed by atoms with Crippen LogP contribution in [0.1, 0.15) is 24.8 Å². The molecule has 2 aromatic heterocycles. The molecule has 0 saturated heterocycles. The summed E-state index contributed by atoms with van der Waals surface area (Å²) in [7, 11) is 0. The summed E-state index contributed by atoms with van der Waals surface area (Å²) in [6.45, 7) is 4.92. The van der Waals surface area contributed by atoms with Gasteiger partial charge in [-0.15, -0.1) is 0 Å². The number of halogens is 1. The summed E-state index contributed by atoms with van der Waals surface area (Å²) in [4.78, 5) is 7.92. The van der Waals surface area contributed by atoms with E-state index in [1.807, 2.05) is 13.8 Å². The molecule has 2 heterocycles. The van der Waals surface area contributed by atoms with Gasteiger partial charge in [0, 0.05) is 12.6 Å². The van der Waals surface area contributed by atoms with Crippen molar-refractivity contribution >= 4 is 11.8 Å². The van der Waals surface area contributed by atoms with Crippen molar-refractivity contribution in [1.29, 1.82) is 0 Å². The second-order valence-corrected chi connectivity index (χ2v) is 4.11. The summed E-state index contributed by atoms with van der Waals surface area (Å²) in [5, 5.41) is 9.61. The molecule has 19 heavy (non-hydrogen) atoms. The molecule has 0 spiro atoms. The Labute approximate surface area is 110 Å². The molecule has 0 unspecified atom stereocenters. The smallest absolute Gasteiger partial charge is 0.224 e. The predicted molar refractivity (Wildman–Crippen MR) is 69.3 cm³/mol. The molecule has 6 nitrogen and oxygen atoms in total. The van der Waals surface area contributed by atoms with Gasteiger partial charge in [-0.1, -0.05) is 12.1 Å². The number of hydrogen-bond acceptors (Lipinski definition) is 6. The molecule has 0 bridgehead atoms. The van der Waals surface area contributed by atoms with E-state index >= 15 is 0 Å². The lowest BCUT2D eigenvalue weighted by molar-refractivity contribution is 0.384. The first-order valence-electron chi connectivity index (χ1n) is 6.11. The molecule has 0 atom stereocenters. The van der Waals surface area contributed by atoms with Gasteiger partial charge in [0.15, 0.2) is 17.4 Å². The zero-order chi connectivity index (χ0) is 13.7. The van der Waals surface area contributed by atoms with Gasteiger partial charge < -0.3 is 15.2 Å². The molecular weight excluding hydrogens is 249 g/mol. The van der Waals surface area contributed by atoms with Crippen LogP contribution in [-0.4, -0.2) is 21.7 Å². The first-order chi connectivity index (χ1) is 9.19. The predicted octanol–water partition coefficient (Wildman–Crippen LogP) is 2.35. The van der Waals surface area contributed by atoms with Crippen LogP contribution in [0.3, 0.4) is 0 Å². The number of aryl methyl sites for hydroxylation is 1. The Balaban J connectivity index is 2.02. The quantitative estimate of drug-likeness (QED) is 0.835. The van der Waals surface area contributed by atoms with E-state index in [2.05, 4.69) is 25.8 Å². The molecule has 2 N–H and O–H groups in total. The van der Waals surface area contributed by atoms with Crippen molar-refractivity contribution in [2.45, 2.75) is 26.8 Å². The minimum atomic E-state index is -0.502. The van der Waals surface area contributed by atoms with Gasteiger partial charge in [-0.05, 0) is 13.3 Å². The van der Waals surface area contributed by atoms with E-state index in [0.29, 0.717) is 18.3 Å². The van der Waals surface area contributed by atoms with Crippen molar-refractivity contribution in [3.05, 3.63) is 29.5 Å². The van der Waals surface area contributed by atoms with Crippen molar-refractivity contribution in [1.82, 2.24) is 15.1 Å². The minimum absolute atomic E-state index is 0.141. The summed E-state index contributed by atoms with van der Waals surface area (Å²) in [6, 6.07) is 1.78. The highest BCUT2D eigenvalue weighted by Crippen LogP contribution is 2.13. The molecule has 0 radical (unpaired) electrons. The maximum absolute atomic E-state index is 13.5. The Morgan fingerprint density at radius 1 is 1.37 bits per heavy atom.